The van der Waals surface area contributed by atoms with E-state index in [0.29, 0.717) is 29.2 Å². The zero-order valence-corrected chi connectivity index (χ0v) is 19.2. The molecule has 4 aromatic rings. The second-order valence-corrected chi connectivity index (χ2v) is 8.52. The molecular formula is C27H26N2O5. The summed E-state index contributed by atoms with van der Waals surface area (Å²) in [4.78, 5) is 28.5. The van der Waals surface area contributed by atoms with Crippen molar-refractivity contribution in [2.24, 2.45) is 7.05 Å². The average molecular weight is 459 g/mol. The van der Waals surface area contributed by atoms with Crippen LogP contribution in [-0.2, 0) is 20.2 Å². The van der Waals surface area contributed by atoms with Crippen LogP contribution in [0.5, 0.6) is 11.5 Å². The molecule has 0 aliphatic heterocycles. The van der Waals surface area contributed by atoms with Gasteiger partial charge in [-0.2, -0.15) is 0 Å². The number of fused-ring (bicyclic) bond motifs is 1. The number of aryl methyl sites for hydroxylation is 1. The van der Waals surface area contributed by atoms with E-state index in [-0.39, 0.29) is 29.5 Å². The normalized spacial score (nSPS) is 13.1. The first-order valence-electron chi connectivity index (χ1n) is 11.3. The molecule has 1 fully saturated rings. The highest BCUT2D eigenvalue weighted by Crippen LogP contribution is 2.33. The summed E-state index contributed by atoms with van der Waals surface area (Å²) in [7, 11) is 3.44. The number of pyridine rings is 1. The van der Waals surface area contributed by atoms with Crippen molar-refractivity contribution < 1.29 is 18.7 Å². The Balaban J connectivity index is 1.43. The highest BCUT2D eigenvalue weighted by atomic mass is 16.5. The third-order valence-electron chi connectivity index (χ3n) is 6.11. The van der Waals surface area contributed by atoms with Gasteiger partial charge in [-0.15, -0.1) is 0 Å². The number of benzene rings is 2. The number of hydrogen-bond acceptors (Lipinski definition) is 5. The van der Waals surface area contributed by atoms with E-state index in [9.17, 15) is 9.59 Å². The molecular weight excluding hydrogens is 432 g/mol. The number of carbonyl (C=O) groups excluding carboxylic acids is 1. The van der Waals surface area contributed by atoms with Crippen LogP contribution < -0.4 is 14.9 Å². The second kappa shape index (κ2) is 9.09. The summed E-state index contributed by atoms with van der Waals surface area (Å²) in [5.41, 5.74) is 1.65. The Bertz CT molecular complexity index is 1390. The van der Waals surface area contributed by atoms with Gasteiger partial charge in [-0.25, -0.2) is 0 Å². The summed E-state index contributed by atoms with van der Waals surface area (Å²) >= 11 is 0. The zero-order chi connectivity index (χ0) is 23.7. The van der Waals surface area contributed by atoms with Gasteiger partial charge < -0.3 is 23.4 Å². The Labute approximate surface area is 197 Å². The smallest absolute Gasteiger partial charge is 0.259 e. The van der Waals surface area contributed by atoms with Crippen molar-refractivity contribution in [1.29, 1.82) is 0 Å². The number of carbonyl (C=O) groups is 1. The lowest BCUT2D eigenvalue weighted by atomic mass is 10.1. The van der Waals surface area contributed by atoms with E-state index in [4.69, 9.17) is 13.9 Å². The van der Waals surface area contributed by atoms with Crippen LogP contribution in [0, 0.1) is 0 Å². The minimum Gasteiger partial charge on any atom is -0.493 e. The molecule has 0 atom stereocenters. The molecule has 1 aliphatic carbocycles. The van der Waals surface area contributed by atoms with Crippen molar-refractivity contribution in [1.82, 2.24) is 9.47 Å². The van der Waals surface area contributed by atoms with Gasteiger partial charge in [0.2, 0.25) is 5.43 Å². The molecule has 2 aromatic carbocycles. The molecule has 1 saturated carbocycles. The first kappa shape index (κ1) is 21.8. The van der Waals surface area contributed by atoms with Crippen LogP contribution in [0.25, 0.3) is 10.9 Å². The maximum atomic E-state index is 13.6. The van der Waals surface area contributed by atoms with Gasteiger partial charge in [0.15, 0.2) is 11.5 Å². The van der Waals surface area contributed by atoms with Crippen molar-refractivity contribution in [3.05, 3.63) is 94.2 Å². The van der Waals surface area contributed by atoms with Gasteiger partial charge in [-0.1, -0.05) is 18.2 Å². The second-order valence-electron chi connectivity index (χ2n) is 8.52. The number of rotatable bonds is 8. The number of methoxy groups -OCH3 is 1. The molecule has 0 saturated heterocycles. The lowest BCUT2D eigenvalue weighted by Crippen LogP contribution is -2.36. The Hall–Kier alpha value is -4.00. The van der Waals surface area contributed by atoms with E-state index in [1.54, 1.807) is 30.5 Å². The van der Waals surface area contributed by atoms with Crippen molar-refractivity contribution in [3.63, 3.8) is 0 Å². The third-order valence-corrected chi connectivity index (χ3v) is 6.11. The quantitative estimate of drug-likeness (QED) is 0.388. The molecule has 5 rings (SSSR count). The van der Waals surface area contributed by atoms with Crippen molar-refractivity contribution in [2.75, 3.05) is 7.11 Å². The van der Waals surface area contributed by atoms with Gasteiger partial charge in [0.1, 0.15) is 17.9 Å². The molecule has 1 amide bonds. The van der Waals surface area contributed by atoms with Crippen LogP contribution >= 0.6 is 0 Å². The molecule has 0 bridgehead atoms. The van der Waals surface area contributed by atoms with Crippen molar-refractivity contribution in [2.45, 2.75) is 32.0 Å². The van der Waals surface area contributed by atoms with E-state index in [1.807, 2.05) is 60.1 Å². The number of hydrogen-bond donors (Lipinski definition) is 0. The van der Waals surface area contributed by atoms with E-state index >= 15 is 0 Å². The molecule has 0 unspecified atom stereocenters. The summed E-state index contributed by atoms with van der Waals surface area (Å²) in [5, 5.41) is 0.546. The molecule has 34 heavy (non-hydrogen) atoms. The summed E-state index contributed by atoms with van der Waals surface area (Å²) < 4.78 is 18.5. The Morgan fingerprint density at radius 1 is 1.12 bits per heavy atom. The largest absolute Gasteiger partial charge is 0.493 e. The fraction of sp³-hybridized carbons (Fsp3) is 0.259. The van der Waals surface area contributed by atoms with Crippen LogP contribution in [0.1, 0.15) is 34.5 Å². The Morgan fingerprint density at radius 3 is 2.68 bits per heavy atom. The summed E-state index contributed by atoms with van der Waals surface area (Å²) in [6, 6.07) is 16.7. The highest BCUT2D eigenvalue weighted by Gasteiger charge is 2.34. The minimum absolute atomic E-state index is 0.123. The van der Waals surface area contributed by atoms with E-state index < -0.39 is 0 Å². The lowest BCUT2D eigenvalue weighted by Gasteiger charge is -2.23. The van der Waals surface area contributed by atoms with Gasteiger partial charge in [-0.05, 0) is 54.8 Å². The monoisotopic (exact) mass is 458 g/mol. The maximum absolute atomic E-state index is 13.6. The van der Waals surface area contributed by atoms with Crippen molar-refractivity contribution >= 4 is 16.8 Å². The first-order valence-corrected chi connectivity index (χ1v) is 11.3. The number of ether oxygens (including phenoxy) is 2. The standard InChI is InChI=1S/C27H26N2O5/c1-28-16-22(26(30)21-7-3-4-8-23(21)28)27(31)29(19-10-11-19)15-18-9-12-24(32-2)25(14-18)34-17-20-6-5-13-33-20/h3-9,12-14,16,19H,10-11,15,17H2,1-2H3. The maximum Gasteiger partial charge on any atom is 0.259 e. The molecule has 2 heterocycles. The van der Waals surface area contributed by atoms with E-state index in [2.05, 4.69) is 0 Å². The molecule has 1 aliphatic rings. The highest BCUT2D eigenvalue weighted by molar-refractivity contribution is 5.97. The third kappa shape index (κ3) is 4.29. The van der Waals surface area contributed by atoms with Crippen LogP contribution in [-0.4, -0.2) is 28.5 Å². The fourth-order valence-corrected chi connectivity index (χ4v) is 4.17. The summed E-state index contributed by atoms with van der Waals surface area (Å²) in [6.07, 6.45) is 5.10. The predicted molar refractivity (Wildman–Crippen MR) is 128 cm³/mol. The van der Waals surface area contributed by atoms with Crippen molar-refractivity contribution in [3.8, 4) is 11.5 Å². The summed E-state index contributed by atoms with van der Waals surface area (Å²) in [5.74, 6) is 1.63. The zero-order valence-electron chi connectivity index (χ0n) is 19.2. The van der Waals surface area contributed by atoms with E-state index in [0.717, 1.165) is 23.9 Å². The van der Waals surface area contributed by atoms with Gasteiger partial charge >= 0.3 is 0 Å². The Kier molecular flexibility index (Phi) is 5.84. The number of furan rings is 1. The van der Waals surface area contributed by atoms with Gasteiger partial charge in [-0.3, -0.25) is 9.59 Å². The molecule has 7 heteroatoms. The Morgan fingerprint density at radius 2 is 1.94 bits per heavy atom. The van der Waals surface area contributed by atoms with Crippen LogP contribution in [0.15, 0.2) is 76.3 Å². The number of aromatic nitrogens is 1. The average Bonchev–Trinajstić information content (AvgIpc) is 3.57. The molecule has 0 spiro atoms. The predicted octanol–water partition coefficient (Wildman–Crippen LogP) is 4.52. The van der Waals surface area contributed by atoms with Crippen LogP contribution in [0.2, 0.25) is 0 Å². The molecule has 7 nitrogen and oxygen atoms in total. The lowest BCUT2D eigenvalue weighted by molar-refractivity contribution is 0.0728. The number of amides is 1. The minimum atomic E-state index is -0.247. The summed E-state index contributed by atoms with van der Waals surface area (Å²) in [6.45, 7) is 0.645. The van der Waals surface area contributed by atoms with Gasteiger partial charge in [0, 0.05) is 31.2 Å². The van der Waals surface area contributed by atoms with Crippen LogP contribution in [0.4, 0.5) is 0 Å². The number of nitrogens with zero attached hydrogens (tertiary/aromatic N) is 2. The van der Waals surface area contributed by atoms with Gasteiger partial charge in [0.05, 0.1) is 18.9 Å². The van der Waals surface area contributed by atoms with Gasteiger partial charge in [0.25, 0.3) is 5.91 Å². The topological polar surface area (TPSA) is 73.9 Å². The molecule has 2 aromatic heterocycles. The molecule has 0 N–H and O–H groups in total. The number of para-hydroxylation sites is 1. The fourth-order valence-electron chi connectivity index (χ4n) is 4.17. The molecule has 0 radical (unpaired) electrons. The van der Waals surface area contributed by atoms with Crippen LogP contribution in [0.3, 0.4) is 0 Å². The SMILES string of the molecule is COc1ccc(CN(C(=O)c2cn(C)c3ccccc3c2=O)C2CC2)cc1OCc1ccco1. The first-order chi connectivity index (χ1) is 16.5. The van der Waals surface area contributed by atoms with E-state index in [1.165, 1.54) is 0 Å². The molecule has 174 valence electrons.